The second kappa shape index (κ2) is 4.98. The van der Waals surface area contributed by atoms with Gasteiger partial charge >= 0.3 is 0 Å². The number of hydrogen-bond donors (Lipinski definition) is 1. The number of aromatic nitrogens is 6. The maximum atomic E-state index is 13.5. The lowest BCUT2D eigenvalue weighted by Gasteiger charge is -1.99. The fraction of sp³-hybridized carbons (Fsp3) is 0.125. The SMILES string of the molecule is Cc1nc(-c2ccc3c(n2)c(-c2cccc(F)c2)nn3C)n[nH]1. The zero-order valence-electron chi connectivity index (χ0n) is 12.6. The highest BCUT2D eigenvalue weighted by atomic mass is 19.1. The fourth-order valence-corrected chi connectivity index (χ4v) is 2.55. The van der Waals surface area contributed by atoms with E-state index in [4.69, 9.17) is 0 Å². The van der Waals surface area contributed by atoms with Crippen LogP contribution in [0.1, 0.15) is 5.82 Å². The summed E-state index contributed by atoms with van der Waals surface area (Å²) < 4.78 is 15.3. The molecular weight excluding hydrogens is 295 g/mol. The number of nitrogens with zero attached hydrogens (tertiary/aromatic N) is 5. The van der Waals surface area contributed by atoms with E-state index in [-0.39, 0.29) is 5.82 Å². The van der Waals surface area contributed by atoms with Crippen LogP contribution in [0.15, 0.2) is 36.4 Å². The summed E-state index contributed by atoms with van der Waals surface area (Å²) in [6.07, 6.45) is 0. The van der Waals surface area contributed by atoms with E-state index in [0.717, 1.165) is 11.3 Å². The molecule has 23 heavy (non-hydrogen) atoms. The van der Waals surface area contributed by atoms with Crippen molar-refractivity contribution in [3.8, 4) is 22.8 Å². The van der Waals surface area contributed by atoms with Crippen LogP contribution in [0.2, 0.25) is 0 Å². The average molecular weight is 308 g/mol. The largest absolute Gasteiger partial charge is 0.266 e. The minimum absolute atomic E-state index is 0.304. The van der Waals surface area contributed by atoms with Crippen molar-refractivity contribution < 1.29 is 4.39 Å². The summed E-state index contributed by atoms with van der Waals surface area (Å²) in [4.78, 5) is 8.93. The summed E-state index contributed by atoms with van der Waals surface area (Å²) in [7, 11) is 1.84. The van der Waals surface area contributed by atoms with Gasteiger partial charge in [0, 0.05) is 12.6 Å². The van der Waals surface area contributed by atoms with Crippen molar-refractivity contribution in [3.05, 3.63) is 48.0 Å². The van der Waals surface area contributed by atoms with Crippen LogP contribution in [0, 0.1) is 12.7 Å². The molecule has 1 aromatic carbocycles. The van der Waals surface area contributed by atoms with E-state index in [0.29, 0.717) is 28.3 Å². The Kier molecular flexibility index (Phi) is 2.94. The zero-order chi connectivity index (χ0) is 16.0. The monoisotopic (exact) mass is 308 g/mol. The van der Waals surface area contributed by atoms with Crippen LogP contribution in [-0.2, 0) is 7.05 Å². The Morgan fingerprint density at radius 3 is 2.74 bits per heavy atom. The first-order valence-corrected chi connectivity index (χ1v) is 7.11. The Hall–Kier alpha value is -3.09. The molecule has 0 bridgehead atoms. The Bertz CT molecular complexity index is 1020. The second-order valence-electron chi connectivity index (χ2n) is 5.29. The number of H-pyrrole nitrogens is 1. The standard InChI is InChI=1S/C16H13FN6/c1-9-18-16(21-20-9)12-6-7-13-15(19-12)14(22-23(13)2)10-4-3-5-11(17)8-10/h3-8H,1-2H3,(H,18,20,21). The molecule has 4 aromatic rings. The number of aromatic amines is 1. The van der Waals surface area contributed by atoms with E-state index in [9.17, 15) is 4.39 Å². The molecule has 3 aromatic heterocycles. The highest BCUT2D eigenvalue weighted by molar-refractivity contribution is 5.91. The average Bonchev–Trinajstić information content (AvgIpc) is 3.11. The molecule has 0 spiro atoms. The number of benzene rings is 1. The molecule has 0 amide bonds. The number of rotatable bonds is 2. The van der Waals surface area contributed by atoms with Gasteiger partial charge in [0.1, 0.15) is 28.5 Å². The van der Waals surface area contributed by atoms with Gasteiger partial charge in [0.25, 0.3) is 0 Å². The third kappa shape index (κ3) is 2.26. The summed E-state index contributed by atoms with van der Waals surface area (Å²) in [6.45, 7) is 1.83. The summed E-state index contributed by atoms with van der Waals surface area (Å²) >= 11 is 0. The van der Waals surface area contributed by atoms with Crippen molar-refractivity contribution in [2.45, 2.75) is 6.92 Å². The lowest BCUT2D eigenvalue weighted by atomic mass is 10.1. The Morgan fingerprint density at radius 2 is 2.00 bits per heavy atom. The normalized spacial score (nSPS) is 11.3. The molecule has 0 fully saturated rings. The van der Waals surface area contributed by atoms with Gasteiger partial charge in [-0.2, -0.15) is 10.2 Å². The first kappa shape index (κ1) is 13.6. The van der Waals surface area contributed by atoms with Gasteiger partial charge in [0.2, 0.25) is 0 Å². The van der Waals surface area contributed by atoms with Gasteiger partial charge in [-0.3, -0.25) is 9.78 Å². The minimum atomic E-state index is -0.304. The van der Waals surface area contributed by atoms with Crippen molar-refractivity contribution in [1.29, 1.82) is 0 Å². The molecule has 0 atom stereocenters. The summed E-state index contributed by atoms with van der Waals surface area (Å²) in [5, 5.41) is 11.4. The Labute approximate surface area is 131 Å². The van der Waals surface area contributed by atoms with Crippen molar-refractivity contribution in [2.24, 2.45) is 7.05 Å². The first-order chi connectivity index (χ1) is 11.1. The molecule has 0 saturated carbocycles. The maximum absolute atomic E-state index is 13.5. The van der Waals surface area contributed by atoms with E-state index in [1.54, 1.807) is 10.7 Å². The molecule has 1 N–H and O–H groups in total. The van der Waals surface area contributed by atoms with Crippen molar-refractivity contribution in [2.75, 3.05) is 0 Å². The highest BCUT2D eigenvalue weighted by Crippen LogP contribution is 2.28. The topological polar surface area (TPSA) is 72.3 Å². The van der Waals surface area contributed by atoms with Crippen LogP contribution in [-0.4, -0.2) is 29.9 Å². The van der Waals surface area contributed by atoms with Crippen LogP contribution in [0.4, 0.5) is 4.39 Å². The summed E-state index contributed by atoms with van der Waals surface area (Å²) in [6, 6.07) is 10.1. The number of nitrogens with one attached hydrogen (secondary N) is 1. The predicted molar refractivity (Wildman–Crippen MR) is 84.0 cm³/mol. The minimum Gasteiger partial charge on any atom is -0.266 e. The van der Waals surface area contributed by atoms with Crippen LogP contribution in [0.3, 0.4) is 0 Å². The Balaban J connectivity index is 1.94. The van der Waals surface area contributed by atoms with Gasteiger partial charge in [0.05, 0.1) is 5.52 Å². The second-order valence-corrected chi connectivity index (χ2v) is 5.29. The third-order valence-corrected chi connectivity index (χ3v) is 3.62. The molecule has 0 saturated heterocycles. The van der Waals surface area contributed by atoms with E-state index < -0.39 is 0 Å². The smallest absolute Gasteiger partial charge is 0.199 e. The van der Waals surface area contributed by atoms with Gasteiger partial charge in [-0.25, -0.2) is 14.4 Å². The molecular formula is C16H13FN6. The van der Waals surface area contributed by atoms with E-state index >= 15 is 0 Å². The number of halogens is 1. The van der Waals surface area contributed by atoms with Gasteiger partial charge in [-0.1, -0.05) is 12.1 Å². The molecule has 0 unspecified atom stereocenters. The van der Waals surface area contributed by atoms with Crippen molar-refractivity contribution in [1.82, 2.24) is 29.9 Å². The molecule has 3 heterocycles. The molecule has 7 heteroatoms. The van der Waals surface area contributed by atoms with Gasteiger partial charge in [0.15, 0.2) is 5.82 Å². The molecule has 0 radical (unpaired) electrons. The number of pyridine rings is 1. The summed E-state index contributed by atoms with van der Waals surface area (Å²) in [5.74, 6) is 0.943. The van der Waals surface area contributed by atoms with E-state index in [2.05, 4.69) is 25.3 Å². The zero-order valence-corrected chi connectivity index (χ0v) is 12.6. The highest BCUT2D eigenvalue weighted by Gasteiger charge is 2.15. The maximum Gasteiger partial charge on any atom is 0.199 e. The molecule has 4 rings (SSSR count). The fourth-order valence-electron chi connectivity index (χ4n) is 2.55. The predicted octanol–water partition coefficient (Wildman–Crippen LogP) is 2.87. The van der Waals surface area contributed by atoms with Crippen LogP contribution in [0.25, 0.3) is 33.8 Å². The molecule has 0 aliphatic carbocycles. The lowest BCUT2D eigenvalue weighted by Crippen LogP contribution is -1.90. The van der Waals surface area contributed by atoms with Crippen molar-refractivity contribution >= 4 is 11.0 Å². The summed E-state index contributed by atoms with van der Waals surface area (Å²) in [5.41, 5.74) is 3.52. The molecule has 0 aliphatic heterocycles. The quantitative estimate of drug-likeness (QED) is 0.618. The number of aryl methyl sites for hydroxylation is 2. The van der Waals surface area contributed by atoms with Gasteiger partial charge in [-0.15, -0.1) is 0 Å². The van der Waals surface area contributed by atoms with E-state index in [1.807, 2.05) is 32.2 Å². The van der Waals surface area contributed by atoms with Crippen LogP contribution in [0.5, 0.6) is 0 Å². The number of fused-ring (bicyclic) bond motifs is 1. The van der Waals surface area contributed by atoms with Crippen LogP contribution < -0.4 is 0 Å². The van der Waals surface area contributed by atoms with Gasteiger partial charge in [-0.05, 0) is 31.2 Å². The molecule has 114 valence electrons. The first-order valence-electron chi connectivity index (χ1n) is 7.11. The molecule has 6 nitrogen and oxygen atoms in total. The molecule has 0 aliphatic rings. The van der Waals surface area contributed by atoms with Gasteiger partial charge < -0.3 is 0 Å². The van der Waals surface area contributed by atoms with E-state index in [1.165, 1.54) is 12.1 Å². The third-order valence-electron chi connectivity index (χ3n) is 3.62. The number of hydrogen-bond acceptors (Lipinski definition) is 4. The lowest BCUT2D eigenvalue weighted by molar-refractivity contribution is 0.628. The Morgan fingerprint density at radius 1 is 1.13 bits per heavy atom. The van der Waals surface area contributed by atoms with Crippen LogP contribution >= 0.6 is 0 Å². The van der Waals surface area contributed by atoms with Crippen molar-refractivity contribution in [3.63, 3.8) is 0 Å².